The SMILES string of the molecule is CCN(Cc1ccc(-c2cnn(C)c2)cc1F)c1ncnc2c1ccn2CC1CCN(CC(N)=O)CC1. The van der Waals surface area contributed by atoms with Crippen molar-refractivity contribution in [2.75, 3.05) is 31.1 Å². The Morgan fingerprint density at radius 2 is 2.00 bits per heavy atom. The molecule has 1 amide bonds. The van der Waals surface area contributed by atoms with Gasteiger partial charge in [-0.3, -0.25) is 14.4 Å². The molecular formula is C27H33FN8O. The number of carbonyl (C=O) groups is 1. The molecule has 1 aliphatic heterocycles. The minimum absolute atomic E-state index is 0.245. The summed E-state index contributed by atoms with van der Waals surface area (Å²) in [4.78, 5) is 24.6. The molecule has 1 saturated heterocycles. The van der Waals surface area contributed by atoms with Crippen LogP contribution in [-0.4, -0.2) is 61.3 Å². The van der Waals surface area contributed by atoms with Crippen molar-refractivity contribution in [1.82, 2.24) is 29.2 Å². The zero-order valence-electron chi connectivity index (χ0n) is 21.3. The number of piperidine rings is 1. The molecule has 9 nitrogen and oxygen atoms in total. The first-order valence-corrected chi connectivity index (χ1v) is 12.7. The quantitative estimate of drug-likeness (QED) is 0.376. The average Bonchev–Trinajstić information content (AvgIpc) is 3.50. The van der Waals surface area contributed by atoms with E-state index in [-0.39, 0.29) is 11.7 Å². The molecule has 0 radical (unpaired) electrons. The second-order valence-corrected chi connectivity index (χ2v) is 9.81. The van der Waals surface area contributed by atoms with Gasteiger partial charge < -0.3 is 15.2 Å². The van der Waals surface area contributed by atoms with Crippen LogP contribution in [0.5, 0.6) is 0 Å². The van der Waals surface area contributed by atoms with Gasteiger partial charge in [0.2, 0.25) is 5.91 Å². The Hall–Kier alpha value is -3.79. The molecule has 0 bridgehead atoms. The summed E-state index contributed by atoms with van der Waals surface area (Å²) in [7, 11) is 1.85. The van der Waals surface area contributed by atoms with Crippen molar-refractivity contribution in [3.8, 4) is 11.1 Å². The molecule has 4 heterocycles. The number of nitrogens with zero attached hydrogens (tertiary/aromatic N) is 7. The third-order valence-corrected chi connectivity index (χ3v) is 7.21. The highest BCUT2D eigenvalue weighted by Crippen LogP contribution is 2.29. The number of fused-ring (bicyclic) bond motifs is 1. The van der Waals surface area contributed by atoms with Crippen molar-refractivity contribution in [1.29, 1.82) is 0 Å². The van der Waals surface area contributed by atoms with Crippen LogP contribution in [0.2, 0.25) is 0 Å². The van der Waals surface area contributed by atoms with E-state index in [2.05, 4.69) is 41.7 Å². The molecule has 3 aromatic heterocycles. The maximum Gasteiger partial charge on any atom is 0.231 e. The van der Waals surface area contributed by atoms with Crippen molar-refractivity contribution >= 4 is 22.8 Å². The summed E-state index contributed by atoms with van der Waals surface area (Å²) in [6, 6.07) is 7.40. The number of nitrogens with two attached hydrogens (primary N) is 1. The Morgan fingerprint density at radius 1 is 1.19 bits per heavy atom. The fraction of sp³-hybridized carbons (Fsp3) is 0.407. The van der Waals surface area contributed by atoms with E-state index in [1.165, 1.54) is 0 Å². The van der Waals surface area contributed by atoms with Gasteiger partial charge in [0.15, 0.2) is 0 Å². The van der Waals surface area contributed by atoms with Gasteiger partial charge >= 0.3 is 0 Å². The number of aryl methyl sites for hydroxylation is 1. The third-order valence-electron chi connectivity index (χ3n) is 7.21. The summed E-state index contributed by atoms with van der Waals surface area (Å²) < 4.78 is 19.0. The van der Waals surface area contributed by atoms with Crippen molar-refractivity contribution in [2.24, 2.45) is 18.7 Å². The van der Waals surface area contributed by atoms with Crippen LogP contribution in [0.4, 0.5) is 10.2 Å². The Balaban J connectivity index is 1.31. The lowest BCUT2D eigenvalue weighted by Crippen LogP contribution is -2.40. The van der Waals surface area contributed by atoms with Gasteiger partial charge in [-0.2, -0.15) is 5.10 Å². The Morgan fingerprint density at radius 3 is 2.68 bits per heavy atom. The molecule has 0 atom stereocenters. The number of likely N-dealkylation sites (tertiary alicyclic amines) is 1. The number of amides is 1. The molecule has 1 aromatic carbocycles. The first-order chi connectivity index (χ1) is 17.9. The van der Waals surface area contributed by atoms with E-state index in [1.54, 1.807) is 23.3 Å². The van der Waals surface area contributed by atoms with Gasteiger partial charge in [0, 0.05) is 50.2 Å². The predicted molar refractivity (Wildman–Crippen MR) is 141 cm³/mol. The molecule has 194 valence electrons. The summed E-state index contributed by atoms with van der Waals surface area (Å²) in [5, 5.41) is 5.14. The second-order valence-electron chi connectivity index (χ2n) is 9.81. The molecule has 1 aliphatic rings. The van der Waals surface area contributed by atoms with Gasteiger partial charge in [-0.25, -0.2) is 14.4 Å². The molecule has 2 N–H and O–H groups in total. The predicted octanol–water partition coefficient (Wildman–Crippen LogP) is 3.19. The Bertz CT molecular complexity index is 1390. The maximum absolute atomic E-state index is 15.1. The normalized spacial score (nSPS) is 14.9. The highest BCUT2D eigenvalue weighted by Gasteiger charge is 2.22. The van der Waals surface area contributed by atoms with Gasteiger partial charge in [0.25, 0.3) is 0 Å². The maximum atomic E-state index is 15.1. The number of benzene rings is 1. The molecule has 4 aromatic rings. The van der Waals surface area contributed by atoms with E-state index in [0.29, 0.717) is 31.1 Å². The summed E-state index contributed by atoms with van der Waals surface area (Å²) in [5.74, 6) is 0.792. The first kappa shape index (κ1) is 24.9. The van der Waals surface area contributed by atoms with E-state index < -0.39 is 0 Å². The zero-order valence-corrected chi connectivity index (χ0v) is 21.3. The molecule has 0 spiro atoms. The van der Waals surface area contributed by atoms with E-state index in [4.69, 9.17) is 5.73 Å². The van der Waals surface area contributed by atoms with Crippen molar-refractivity contribution < 1.29 is 9.18 Å². The standard InChI is InChI=1S/C27H33FN8O/c1-3-35(16-21-5-4-20(12-24(21)28)22-13-32-33(2)15-22)26-23-8-11-36(27(23)31-18-30-26)14-19-6-9-34(10-7-19)17-25(29)37/h4-5,8,11-13,15,18-19H,3,6-7,9-10,14,16-17H2,1-2H3,(H2,29,37). The molecule has 0 saturated carbocycles. The van der Waals surface area contributed by atoms with Gasteiger partial charge in [0.05, 0.1) is 18.1 Å². The van der Waals surface area contributed by atoms with Crippen molar-refractivity contribution in [2.45, 2.75) is 32.9 Å². The number of halogens is 1. The van der Waals surface area contributed by atoms with E-state index >= 15 is 4.39 Å². The van der Waals surface area contributed by atoms with Gasteiger partial charge in [0.1, 0.15) is 23.6 Å². The monoisotopic (exact) mass is 504 g/mol. The summed E-state index contributed by atoms with van der Waals surface area (Å²) in [6.45, 7) is 6.08. The number of hydrogen-bond donors (Lipinski definition) is 1. The lowest BCUT2D eigenvalue weighted by molar-refractivity contribution is -0.119. The number of aromatic nitrogens is 5. The lowest BCUT2D eigenvalue weighted by atomic mass is 9.96. The molecule has 5 rings (SSSR count). The molecule has 37 heavy (non-hydrogen) atoms. The Labute approximate surface area is 215 Å². The molecular weight excluding hydrogens is 471 g/mol. The molecule has 0 unspecified atom stereocenters. The number of anilines is 1. The van der Waals surface area contributed by atoms with Crippen LogP contribution < -0.4 is 10.6 Å². The number of rotatable bonds is 9. The first-order valence-electron chi connectivity index (χ1n) is 12.7. The number of carbonyl (C=O) groups excluding carboxylic acids is 1. The van der Waals surface area contributed by atoms with E-state index in [0.717, 1.165) is 60.5 Å². The fourth-order valence-corrected chi connectivity index (χ4v) is 5.18. The molecule has 1 fully saturated rings. The average molecular weight is 505 g/mol. The largest absolute Gasteiger partial charge is 0.369 e. The minimum atomic E-state index is -0.274. The zero-order chi connectivity index (χ0) is 25.9. The fourth-order valence-electron chi connectivity index (χ4n) is 5.18. The summed E-state index contributed by atoms with van der Waals surface area (Å²) in [6.07, 6.45) is 9.30. The van der Waals surface area contributed by atoms with Gasteiger partial charge in [-0.05, 0) is 56.5 Å². The van der Waals surface area contributed by atoms with Crippen LogP contribution in [0.1, 0.15) is 25.3 Å². The highest BCUT2D eigenvalue weighted by atomic mass is 19.1. The summed E-state index contributed by atoms with van der Waals surface area (Å²) in [5.41, 5.74) is 8.53. The van der Waals surface area contributed by atoms with Crippen LogP contribution in [0.3, 0.4) is 0 Å². The van der Waals surface area contributed by atoms with Gasteiger partial charge in [-0.15, -0.1) is 0 Å². The minimum Gasteiger partial charge on any atom is -0.369 e. The summed E-state index contributed by atoms with van der Waals surface area (Å²) >= 11 is 0. The molecule has 0 aliphatic carbocycles. The smallest absolute Gasteiger partial charge is 0.231 e. The lowest BCUT2D eigenvalue weighted by Gasteiger charge is -2.31. The third kappa shape index (κ3) is 5.48. The van der Waals surface area contributed by atoms with Crippen LogP contribution in [0.25, 0.3) is 22.2 Å². The van der Waals surface area contributed by atoms with Crippen LogP contribution in [-0.2, 0) is 24.9 Å². The van der Waals surface area contributed by atoms with E-state index in [1.807, 2.05) is 32.3 Å². The van der Waals surface area contributed by atoms with E-state index in [9.17, 15) is 4.79 Å². The number of hydrogen-bond acceptors (Lipinski definition) is 6. The Kier molecular flexibility index (Phi) is 7.18. The van der Waals surface area contributed by atoms with Crippen LogP contribution in [0.15, 0.2) is 49.2 Å². The number of primary amides is 1. The highest BCUT2D eigenvalue weighted by molar-refractivity contribution is 5.87. The van der Waals surface area contributed by atoms with Crippen molar-refractivity contribution in [3.63, 3.8) is 0 Å². The van der Waals surface area contributed by atoms with Crippen LogP contribution in [0, 0.1) is 11.7 Å². The topological polar surface area (TPSA) is 98.1 Å². The molecule has 10 heteroatoms. The van der Waals surface area contributed by atoms with Gasteiger partial charge in [-0.1, -0.05) is 12.1 Å². The van der Waals surface area contributed by atoms with Crippen LogP contribution >= 0.6 is 0 Å². The van der Waals surface area contributed by atoms with Crippen molar-refractivity contribution in [3.05, 3.63) is 60.6 Å². The second kappa shape index (κ2) is 10.7.